The van der Waals surface area contributed by atoms with E-state index in [9.17, 15) is 0 Å². The lowest BCUT2D eigenvalue weighted by Crippen LogP contribution is -2.40. The Morgan fingerprint density at radius 3 is 2.56 bits per heavy atom. The van der Waals surface area contributed by atoms with Gasteiger partial charge in [0.25, 0.3) is 0 Å². The monoisotopic (exact) mass is 362 g/mol. The third-order valence-electron chi connectivity index (χ3n) is 5.08. The van der Waals surface area contributed by atoms with Gasteiger partial charge in [0.05, 0.1) is 6.20 Å². The summed E-state index contributed by atoms with van der Waals surface area (Å²) in [7, 11) is 0. The molecule has 0 spiro atoms. The van der Waals surface area contributed by atoms with Crippen molar-refractivity contribution in [1.29, 1.82) is 0 Å². The van der Waals surface area contributed by atoms with Crippen molar-refractivity contribution in [2.45, 2.75) is 38.6 Å². The first-order chi connectivity index (χ1) is 13.1. The minimum atomic E-state index is 0.277. The fourth-order valence-corrected chi connectivity index (χ4v) is 3.43. The van der Waals surface area contributed by atoms with E-state index in [1.165, 1.54) is 0 Å². The lowest BCUT2D eigenvalue weighted by Gasteiger charge is -2.30. The summed E-state index contributed by atoms with van der Waals surface area (Å²) in [6, 6.07) is 0.277. The number of rotatable bonds is 3. The molecule has 0 aromatic carbocycles. The molecule has 1 saturated heterocycles. The smallest absolute Gasteiger partial charge is 0.229 e. The zero-order valence-electron chi connectivity index (χ0n) is 15.9. The fraction of sp³-hybridized carbons (Fsp3) is 0.381. The summed E-state index contributed by atoms with van der Waals surface area (Å²) in [5.41, 5.74) is 9.11. The third kappa shape index (κ3) is 3.57. The summed E-state index contributed by atoms with van der Waals surface area (Å²) in [5, 5.41) is 4.60. The van der Waals surface area contributed by atoms with Gasteiger partial charge in [-0.3, -0.25) is 0 Å². The third-order valence-corrected chi connectivity index (χ3v) is 5.08. The summed E-state index contributed by atoms with van der Waals surface area (Å²) in [5.74, 6) is 1.92. The van der Waals surface area contributed by atoms with Crippen LogP contribution < -0.4 is 10.6 Å². The lowest BCUT2D eigenvalue weighted by atomic mass is 10.1. The number of piperidine rings is 1. The van der Waals surface area contributed by atoms with E-state index < -0.39 is 0 Å². The topological polar surface area (TPSA) is 72.3 Å². The molecule has 27 heavy (non-hydrogen) atoms. The first-order valence-electron chi connectivity index (χ1n) is 9.62. The Labute approximate surface area is 159 Å². The molecule has 1 aliphatic carbocycles. The van der Waals surface area contributed by atoms with E-state index in [-0.39, 0.29) is 6.04 Å². The van der Waals surface area contributed by atoms with Gasteiger partial charge in [-0.25, -0.2) is 0 Å². The highest BCUT2D eigenvalue weighted by molar-refractivity contribution is 5.74. The summed E-state index contributed by atoms with van der Waals surface area (Å²) >= 11 is 0. The first kappa shape index (κ1) is 17.7. The van der Waals surface area contributed by atoms with Crippen molar-refractivity contribution in [3.63, 3.8) is 0 Å². The Kier molecular flexibility index (Phi) is 4.90. The van der Waals surface area contributed by atoms with Gasteiger partial charge in [0.15, 0.2) is 11.5 Å². The van der Waals surface area contributed by atoms with E-state index in [4.69, 9.17) is 15.7 Å². The van der Waals surface area contributed by atoms with E-state index in [2.05, 4.69) is 36.0 Å². The Bertz CT molecular complexity index is 939. The lowest BCUT2D eigenvalue weighted by molar-refractivity contribution is 0.495. The van der Waals surface area contributed by atoms with Crippen LogP contribution in [0.5, 0.6) is 0 Å². The summed E-state index contributed by atoms with van der Waals surface area (Å²) in [6.45, 7) is 6.11. The van der Waals surface area contributed by atoms with E-state index in [1.54, 1.807) is 0 Å². The minimum Gasteiger partial charge on any atom is -0.341 e. The molecule has 6 nitrogen and oxygen atoms in total. The maximum atomic E-state index is 6.08. The molecule has 2 aliphatic rings. The van der Waals surface area contributed by atoms with Gasteiger partial charge in [-0.1, -0.05) is 56.4 Å². The second-order valence-electron chi connectivity index (χ2n) is 7.41. The Morgan fingerprint density at radius 2 is 1.78 bits per heavy atom. The van der Waals surface area contributed by atoms with E-state index >= 15 is 0 Å². The molecule has 0 bridgehead atoms. The Balaban J connectivity index is 1.86. The molecule has 140 valence electrons. The van der Waals surface area contributed by atoms with Crippen LogP contribution in [0.4, 0.5) is 5.95 Å². The molecule has 1 fully saturated rings. The maximum Gasteiger partial charge on any atom is 0.229 e. The van der Waals surface area contributed by atoms with Crippen LogP contribution in [0.3, 0.4) is 0 Å². The van der Waals surface area contributed by atoms with Crippen LogP contribution in [-0.4, -0.2) is 38.7 Å². The molecule has 0 saturated carbocycles. The number of hydrogen-bond acceptors (Lipinski definition) is 5. The number of aromatic nitrogens is 4. The van der Waals surface area contributed by atoms with E-state index in [1.807, 2.05) is 41.1 Å². The summed E-state index contributed by atoms with van der Waals surface area (Å²) in [6.07, 6.45) is 18.1. The van der Waals surface area contributed by atoms with Gasteiger partial charge < -0.3 is 10.6 Å². The predicted molar refractivity (Wildman–Crippen MR) is 110 cm³/mol. The maximum absolute atomic E-state index is 6.08. The number of allylic oxidation sites excluding steroid dienone is 8. The van der Waals surface area contributed by atoms with Crippen LogP contribution in [0.1, 0.15) is 44.0 Å². The van der Waals surface area contributed by atoms with E-state index in [0.29, 0.717) is 5.92 Å². The molecule has 6 heteroatoms. The standard InChI is InChI=1S/C21H26N6/c1-15(2)18-14-23-27-19(16-8-6-4-3-5-7-9-16)24-21(25-20(18)27)26-12-10-17(22)11-13-26/h3-9,14-15,17H,10-13,22H2,1-2H3/b4-3-,5-3?,6-4?,7-5-,8-6-,9-7?,16-8?,16-9+. The predicted octanol–water partition coefficient (Wildman–Crippen LogP) is 3.24. The summed E-state index contributed by atoms with van der Waals surface area (Å²) < 4.78 is 1.86. The van der Waals surface area contributed by atoms with Crippen molar-refractivity contribution in [3.8, 4) is 0 Å². The molecule has 0 atom stereocenters. The van der Waals surface area contributed by atoms with Gasteiger partial charge in [-0.2, -0.15) is 19.6 Å². The number of nitrogens with zero attached hydrogens (tertiary/aromatic N) is 5. The second kappa shape index (κ2) is 7.48. The zero-order valence-corrected chi connectivity index (χ0v) is 15.9. The fourth-order valence-electron chi connectivity index (χ4n) is 3.43. The van der Waals surface area contributed by atoms with Gasteiger partial charge >= 0.3 is 0 Å². The number of nitrogens with two attached hydrogens (primary N) is 1. The highest BCUT2D eigenvalue weighted by Gasteiger charge is 2.22. The van der Waals surface area contributed by atoms with Crippen LogP contribution in [0.2, 0.25) is 0 Å². The number of anilines is 1. The molecule has 4 rings (SSSR count). The second-order valence-corrected chi connectivity index (χ2v) is 7.41. The van der Waals surface area contributed by atoms with E-state index in [0.717, 1.165) is 54.5 Å². The van der Waals surface area contributed by atoms with Gasteiger partial charge in [-0.15, -0.1) is 0 Å². The molecule has 0 unspecified atom stereocenters. The number of hydrogen-bond donors (Lipinski definition) is 1. The molecule has 3 heterocycles. The van der Waals surface area contributed by atoms with Crippen LogP contribution in [0, 0.1) is 0 Å². The molecule has 0 amide bonds. The van der Waals surface area contributed by atoms with Crippen molar-refractivity contribution in [1.82, 2.24) is 19.6 Å². The molecule has 2 aromatic rings. The largest absolute Gasteiger partial charge is 0.341 e. The quantitative estimate of drug-likeness (QED) is 0.907. The van der Waals surface area contributed by atoms with Crippen molar-refractivity contribution in [2.24, 2.45) is 5.73 Å². The molecule has 1 aliphatic heterocycles. The normalized spacial score (nSPS) is 23.7. The van der Waals surface area contributed by atoms with Gasteiger partial charge in [0.1, 0.15) is 0 Å². The van der Waals surface area contributed by atoms with Crippen LogP contribution in [0.15, 0.2) is 48.7 Å². The van der Waals surface area contributed by atoms with Gasteiger partial charge in [0, 0.05) is 30.3 Å². The van der Waals surface area contributed by atoms with Gasteiger partial charge in [-0.05, 0) is 18.8 Å². The van der Waals surface area contributed by atoms with Crippen molar-refractivity contribution in [3.05, 3.63) is 60.1 Å². The molecule has 2 aromatic heterocycles. The first-order valence-corrected chi connectivity index (χ1v) is 9.62. The zero-order chi connectivity index (χ0) is 18.8. The molecular weight excluding hydrogens is 336 g/mol. The SMILES string of the molecule is CC(C)c1cnn2c(C3=C/C=C\C=C/C=C\3)nc(N3CCC(N)CC3)nc12. The average molecular weight is 362 g/mol. The number of fused-ring (bicyclic) bond motifs is 1. The molecule has 2 N–H and O–H groups in total. The Hall–Kier alpha value is -2.73. The Morgan fingerprint density at radius 1 is 1.04 bits per heavy atom. The summed E-state index contributed by atoms with van der Waals surface area (Å²) in [4.78, 5) is 12.1. The van der Waals surface area contributed by atoms with Crippen LogP contribution in [0.25, 0.3) is 11.2 Å². The van der Waals surface area contributed by atoms with Crippen molar-refractivity contribution < 1.29 is 0 Å². The minimum absolute atomic E-state index is 0.277. The highest BCUT2D eigenvalue weighted by Crippen LogP contribution is 2.26. The van der Waals surface area contributed by atoms with Crippen molar-refractivity contribution >= 4 is 17.2 Å². The molecular formula is C21H26N6. The highest BCUT2D eigenvalue weighted by atomic mass is 15.3. The van der Waals surface area contributed by atoms with Crippen LogP contribution in [-0.2, 0) is 0 Å². The van der Waals surface area contributed by atoms with Gasteiger partial charge in [0.2, 0.25) is 5.95 Å². The molecule has 0 radical (unpaired) electrons. The van der Waals surface area contributed by atoms with Crippen molar-refractivity contribution in [2.75, 3.05) is 18.0 Å². The average Bonchev–Trinajstić information content (AvgIpc) is 3.06. The van der Waals surface area contributed by atoms with Crippen LogP contribution >= 0.6 is 0 Å².